The van der Waals surface area contributed by atoms with Crippen LogP contribution in [0.25, 0.3) is 11.3 Å². The van der Waals surface area contributed by atoms with E-state index in [1.807, 2.05) is 42.2 Å². The van der Waals surface area contributed by atoms with Crippen molar-refractivity contribution in [3.63, 3.8) is 0 Å². The van der Waals surface area contributed by atoms with Gasteiger partial charge in [-0.25, -0.2) is 0 Å². The molecule has 208 valence electrons. The summed E-state index contributed by atoms with van der Waals surface area (Å²) in [6.45, 7) is 10.7. The molecule has 1 aromatic carbocycles. The molecule has 3 heterocycles. The van der Waals surface area contributed by atoms with E-state index in [4.69, 9.17) is 19.6 Å². The summed E-state index contributed by atoms with van der Waals surface area (Å²) in [7, 11) is 1.68. The molecule has 0 radical (unpaired) electrons. The van der Waals surface area contributed by atoms with Crippen LogP contribution in [0, 0.1) is 0 Å². The molecule has 7 nitrogen and oxygen atoms in total. The number of carbonyl (C=O) groups is 1. The summed E-state index contributed by atoms with van der Waals surface area (Å²) in [5.41, 5.74) is 7.03. The number of benzene rings is 1. The number of ether oxygens (including phenoxy) is 2. The van der Waals surface area contributed by atoms with Crippen LogP contribution >= 0.6 is 0 Å². The van der Waals surface area contributed by atoms with Gasteiger partial charge in [-0.1, -0.05) is 49.8 Å². The lowest BCUT2D eigenvalue weighted by molar-refractivity contribution is -0.129. The Hall–Kier alpha value is -3.45. The molecule has 0 spiro atoms. The number of hydrogen-bond acceptors (Lipinski definition) is 5. The second-order valence-electron chi connectivity index (χ2n) is 10.2. The maximum atomic E-state index is 12.4. The molecule has 0 saturated carbocycles. The van der Waals surface area contributed by atoms with Gasteiger partial charge in [-0.05, 0) is 45.2 Å². The normalized spacial score (nSPS) is 17.6. The summed E-state index contributed by atoms with van der Waals surface area (Å²) >= 11 is 0. The van der Waals surface area contributed by atoms with E-state index in [0.717, 1.165) is 91.4 Å². The second-order valence-corrected chi connectivity index (χ2v) is 10.2. The van der Waals surface area contributed by atoms with E-state index < -0.39 is 0 Å². The number of methoxy groups -OCH3 is 1. The number of hydrogen-bond donors (Lipinski definition) is 0. The third kappa shape index (κ3) is 6.77. The van der Waals surface area contributed by atoms with Crippen molar-refractivity contribution in [3.8, 4) is 5.75 Å². The van der Waals surface area contributed by atoms with Crippen molar-refractivity contribution in [2.75, 3.05) is 26.9 Å². The lowest BCUT2D eigenvalue weighted by atomic mass is 9.97. The van der Waals surface area contributed by atoms with Crippen LogP contribution in [0.1, 0.15) is 81.9 Å². The van der Waals surface area contributed by atoms with Crippen molar-refractivity contribution in [2.24, 2.45) is 4.99 Å². The van der Waals surface area contributed by atoms with Crippen molar-refractivity contribution in [2.45, 2.75) is 72.4 Å². The SMILES string of the molecule is C\C=C(/N=C(C)/C(=C\C=C/CCC)c1nn(C2CCOCC2)c2c1CN(C(C)=O)CC2)c1cccc(OC)c1. The summed E-state index contributed by atoms with van der Waals surface area (Å²) in [6.07, 6.45) is 13.3. The van der Waals surface area contributed by atoms with Gasteiger partial charge in [0.1, 0.15) is 5.75 Å². The van der Waals surface area contributed by atoms with Gasteiger partial charge < -0.3 is 14.4 Å². The highest BCUT2D eigenvalue weighted by atomic mass is 16.5. The third-order valence-electron chi connectivity index (χ3n) is 7.49. The number of carbonyl (C=O) groups excluding carboxylic acids is 1. The van der Waals surface area contributed by atoms with Gasteiger partial charge in [0.05, 0.1) is 24.5 Å². The van der Waals surface area contributed by atoms with Gasteiger partial charge in [0.2, 0.25) is 5.91 Å². The zero-order chi connectivity index (χ0) is 27.8. The molecular weight excluding hydrogens is 488 g/mol. The largest absolute Gasteiger partial charge is 0.497 e. The molecule has 0 atom stereocenters. The molecule has 2 aromatic rings. The number of aliphatic imine (C=N–C) groups is 1. The summed E-state index contributed by atoms with van der Waals surface area (Å²) in [6, 6.07) is 8.28. The van der Waals surface area contributed by atoms with E-state index in [0.29, 0.717) is 12.6 Å². The Kier molecular flexibility index (Phi) is 9.93. The standard InChI is InChI=1S/C32H42N4O3/c1-6-8-9-10-14-28(23(3)33-30(7-2)25-12-11-13-27(21-25)38-5)32-29-22-35(24(4)37)18-15-31(29)36(34-32)26-16-19-39-20-17-26/h7,9-14,21,26H,6,8,15-20,22H2,1-5H3/b10-9-,28-14+,30-7-,33-23+. The fourth-order valence-electron chi connectivity index (χ4n) is 5.28. The average molecular weight is 531 g/mol. The quantitative estimate of drug-likeness (QED) is 0.278. The fourth-order valence-corrected chi connectivity index (χ4v) is 5.28. The monoisotopic (exact) mass is 530 g/mol. The Labute approximate surface area is 232 Å². The van der Waals surface area contributed by atoms with Gasteiger partial charge in [0.25, 0.3) is 0 Å². The van der Waals surface area contributed by atoms with E-state index in [1.54, 1.807) is 14.0 Å². The minimum absolute atomic E-state index is 0.0957. The molecule has 0 N–H and O–H groups in total. The Bertz CT molecular complexity index is 1280. The van der Waals surface area contributed by atoms with Crippen molar-refractivity contribution in [1.82, 2.24) is 14.7 Å². The number of nitrogens with zero attached hydrogens (tertiary/aromatic N) is 4. The third-order valence-corrected chi connectivity index (χ3v) is 7.49. The molecule has 1 fully saturated rings. The Morgan fingerprint density at radius 3 is 2.74 bits per heavy atom. The van der Waals surface area contributed by atoms with Gasteiger partial charge in [-0.15, -0.1) is 0 Å². The van der Waals surface area contributed by atoms with Crippen molar-refractivity contribution in [3.05, 3.63) is 71.1 Å². The molecule has 2 aliphatic rings. The molecular formula is C32H42N4O3. The Morgan fingerprint density at radius 1 is 1.26 bits per heavy atom. The summed E-state index contributed by atoms with van der Waals surface area (Å²) in [5, 5.41) is 5.26. The van der Waals surface area contributed by atoms with E-state index in [2.05, 4.69) is 36.8 Å². The fraction of sp³-hybridized carbons (Fsp3) is 0.469. The molecule has 1 amide bonds. The lowest BCUT2D eigenvalue weighted by Crippen LogP contribution is -2.35. The smallest absolute Gasteiger partial charge is 0.219 e. The van der Waals surface area contributed by atoms with Crippen molar-refractivity contribution in [1.29, 1.82) is 0 Å². The highest BCUT2D eigenvalue weighted by Crippen LogP contribution is 2.33. The zero-order valence-electron chi connectivity index (χ0n) is 24.1. The summed E-state index contributed by atoms with van der Waals surface area (Å²) in [5.74, 6) is 0.893. The van der Waals surface area contributed by atoms with E-state index in [1.165, 1.54) is 5.69 Å². The lowest BCUT2D eigenvalue weighted by Gasteiger charge is -2.29. The minimum Gasteiger partial charge on any atom is -0.497 e. The average Bonchev–Trinajstić information content (AvgIpc) is 3.34. The molecule has 39 heavy (non-hydrogen) atoms. The van der Waals surface area contributed by atoms with E-state index >= 15 is 0 Å². The predicted molar refractivity (Wildman–Crippen MR) is 158 cm³/mol. The maximum absolute atomic E-state index is 12.4. The minimum atomic E-state index is 0.0957. The van der Waals surface area contributed by atoms with E-state index in [9.17, 15) is 4.79 Å². The van der Waals surface area contributed by atoms with Gasteiger partial charge in [-0.2, -0.15) is 5.10 Å². The molecule has 0 bridgehead atoms. The van der Waals surface area contributed by atoms with Crippen LogP contribution < -0.4 is 4.74 Å². The maximum Gasteiger partial charge on any atom is 0.219 e. The van der Waals surface area contributed by atoms with Crippen LogP contribution in [0.4, 0.5) is 0 Å². The first-order chi connectivity index (χ1) is 19.0. The predicted octanol–water partition coefficient (Wildman–Crippen LogP) is 6.41. The van der Waals surface area contributed by atoms with Crippen LogP contribution in [0.5, 0.6) is 5.75 Å². The van der Waals surface area contributed by atoms with Gasteiger partial charge in [0.15, 0.2) is 0 Å². The Balaban J connectivity index is 1.82. The molecule has 4 rings (SSSR count). The number of aromatic nitrogens is 2. The summed E-state index contributed by atoms with van der Waals surface area (Å²) in [4.78, 5) is 19.4. The van der Waals surface area contributed by atoms with Crippen LogP contribution in [-0.4, -0.2) is 53.2 Å². The first-order valence-electron chi connectivity index (χ1n) is 14.1. The Morgan fingerprint density at radius 2 is 2.05 bits per heavy atom. The number of unbranched alkanes of at least 4 members (excludes halogenated alkanes) is 1. The number of rotatable bonds is 9. The first-order valence-corrected chi connectivity index (χ1v) is 14.1. The second kappa shape index (κ2) is 13.6. The topological polar surface area (TPSA) is 69.0 Å². The molecule has 7 heteroatoms. The first kappa shape index (κ1) is 28.6. The van der Waals surface area contributed by atoms with Gasteiger partial charge in [0, 0.05) is 67.8 Å². The molecule has 1 saturated heterocycles. The number of allylic oxidation sites excluding steroid dienone is 5. The number of amides is 1. The van der Waals surface area contributed by atoms with Crippen molar-refractivity contribution >= 4 is 22.9 Å². The van der Waals surface area contributed by atoms with Gasteiger partial charge >= 0.3 is 0 Å². The van der Waals surface area contributed by atoms with Crippen LogP contribution in [-0.2, 0) is 22.5 Å². The highest BCUT2D eigenvalue weighted by Gasteiger charge is 2.31. The molecule has 2 aliphatic heterocycles. The molecule has 1 aromatic heterocycles. The van der Waals surface area contributed by atoms with Crippen molar-refractivity contribution < 1.29 is 14.3 Å². The van der Waals surface area contributed by atoms with Crippen LogP contribution in [0.2, 0.25) is 0 Å². The molecule has 0 unspecified atom stereocenters. The molecule has 0 aliphatic carbocycles. The van der Waals surface area contributed by atoms with E-state index in [-0.39, 0.29) is 5.91 Å². The summed E-state index contributed by atoms with van der Waals surface area (Å²) < 4.78 is 13.3. The number of fused-ring (bicyclic) bond motifs is 1. The van der Waals surface area contributed by atoms with Crippen LogP contribution in [0.15, 0.2) is 53.6 Å². The van der Waals surface area contributed by atoms with Crippen LogP contribution in [0.3, 0.4) is 0 Å². The zero-order valence-corrected chi connectivity index (χ0v) is 24.1. The highest BCUT2D eigenvalue weighted by molar-refractivity contribution is 6.24. The van der Waals surface area contributed by atoms with Gasteiger partial charge in [-0.3, -0.25) is 14.5 Å².